The molecule has 3 fully saturated rings. The Balaban J connectivity index is 1.62. The molecule has 1 unspecified atom stereocenters. The van der Waals surface area contributed by atoms with Crippen molar-refractivity contribution in [3.05, 3.63) is 0 Å². The zero-order valence-corrected chi connectivity index (χ0v) is 10.8. The van der Waals surface area contributed by atoms with Crippen LogP contribution in [0.15, 0.2) is 0 Å². The lowest BCUT2D eigenvalue weighted by Gasteiger charge is -2.34. The van der Waals surface area contributed by atoms with E-state index in [9.17, 15) is 4.79 Å². The van der Waals surface area contributed by atoms with Gasteiger partial charge in [-0.05, 0) is 56.9 Å². The van der Waals surface area contributed by atoms with Crippen LogP contribution in [0.3, 0.4) is 0 Å². The maximum atomic E-state index is 12.6. The first-order valence-electron chi connectivity index (χ1n) is 7.25. The van der Waals surface area contributed by atoms with Gasteiger partial charge in [-0.3, -0.25) is 4.79 Å². The molecule has 0 spiro atoms. The highest BCUT2D eigenvalue weighted by molar-refractivity contribution is 5.80. The van der Waals surface area contributed by atoms with E-state index in [2.05, 4.69) is 10.2 Å². The first-order valence-corrected chi connectivity index (χ1v) is 7.25. The normalized spacial score (nSPS) is 29.4. The van der Waals surface area contributed by atoms with E-state index in [1.807, 2.05) is 7.05 Å². The molecule has 96 valence electrons. The Morgan fingerprint density at radius 3 is 2.29 bits per heavy atom. The third-order valence-corrected chi connectivity index (χ3v) is 4.71. The lowest BCUT2D eigenvalue weighted by Crippen LogP contribution is -2.49. The second-order valence-electron chi connectivity index (χ2n) is 6.15. The molecule has 1 N–H and O–H groups in total. The first-order chi connectivity index (χ1) is 8.27. The summed E-state index contributed by atoms with van der Waals surface area (Å²) in [5, 5.41) is 3.41. The number of rotatable bonds is 4. The fourth-order valence-electron chi connectivity index (χ4n) is 3.28. The summed E-state index contributed by atoms with van der Waals surface area (Å²) in [4.78, 5) is 14.7. The Morgan fingerprint density at radius 1 is 1.18 bits per heavy atom. The van der Waals surface area contributed by atoms with Crippen molar-refractivity contribution in [2.24, 2.45) is 17.8 Å². The third kappa shape index (κ3) is 2.49. The predicted molar refractivity (Wildman–Crippen MR) is 67.6 cm³/mol. The van der Waals surface area contributed by atoms with E-state index in [0.29, 0.717) is 17.9 Å². The van der Waals surface area contributed by atoms with Gasteiger partial charge in [0.2, 0.25) is 5.91 Å². The topological polar surface area (TPSA) is 32.3 Å². The summed E-state index contributed by atoms with van der Waals surface area (Å²) in [6.07, 6.45) is 7.57. The molecule has 1 heterocycles. The second kappa shape index (κ2) is 4.60. The molecule has 2 saturated carbocycles. The molecule has 0 aromatic rings. The number of hydrogen-bond donors (Lipinski definition) is 1. The van der Waals surface area contributed by atoms with Crippen molar-refractivity contribution in [1.29, 1.82) is 0 Å². The highest BCUT2D eigenvalue weighted by Crippen LogP contribution is 2.50. The number of carbonyl (C=O) groups is 1. The summed E-state index contributed by atoms with van der Waals surface area (Å²) < 4.78 is 0. The van der Waals surface area contributed by atoms with Gasteiger partial charge in [-0.1, -0.05) is 0 Å². The van der Waals surface area contributed by atoms with Gasteiger partial charge in [0, 0.05) is 25.6 Å². The Bertz CT molecular complexity index is 279. The first kappa shape index (κ1) is 11.5. The molecular formula is C14H24N2O. The molecule has 0 bridgehead atoms. The number of likely N-dealkylation sites (N-methyl/N-ethyl adjacent to an activating group) is 1. The Hall–Kier alpha value is -0.570. The van der Waals surface area contributed by atoms with Crippen molar-refractivity contribution in [3.8, 4) is 0 Å². The molecule has 2 aliphatic carbocycles. The van der Waals surface area contributed by atoms with Crippen LogP contribution in [0.2, 0.25) is 0 Å². The summed E-state index contributed by atoms with van der Waals surface area (Å²) in [6.45, 7) is 2.11. The summed E-state index contributed by atoms with van der Waals surface area (Å²) >= 11 is 0. The van der Waals surface area contributed by atoms with Crippen LogP contribution < -0.4 is 5.32 Å². The number of hydrogen-bond acceptors (Lipinski definition) is 2. The number of carbonyl (C=O) groups excluding carboxylic acids is 1. The lowest BCUT2D eigenvalue weighted by molar-refractivity contribution is -0.138. The molecule has 3 heteroatoms. The molecule has 1 aliphatic heterocycles. The molecule has 17 heavy (non-hydrogen) atoms. The van der Waals surface area contributed by atoms with Crippen LogP contribution >= 0.6 is 0 Å². The van der Waals surface area contributed by atoms with Crippen molar-refractivity contribution in [3.63, 3.8) is 0 Å². The fraction of sp³-hybridized carbons (Fsp3) is 0.929. The van der Waals surface area contributed by atoms with Crippen molar-refractivity contribution < 1.29 is 4.79 Å². The average molecular weight is 236 g/mol. The van der Waals surface area contributed by atoms with E-state index in [0.717, 1.165) is 24.9 Å². The van der Waals surface area contributed by atoms with E-state index in [-0.39, 0.29) is 0 Å². The SMILES string of the molecule is CN(C(=O)C(C1CC1)C1CC1)C1CCCNC1. The summed E-state index contributed by atoms with van der Waals surface area (Å²) in [7, 11) is 2.03. The Morgan fingerprint density at radius 2 is 1.82 bits per heavy atom. The predicted octanol–water partition coefficient (Wildman–Crippen LogP) is 1.63. The fourth-order valence-corrected chi connectivity index (χ4v) is 3.28. The Kier molecular flexibility index (Phi) is 3.12. The quantitative estimate of drug-likeness (QED) is 0.804. The maximum absolute atomic E-state index is 12.6. The molecule has 0 radical (unpaired) electrons. The largest absolute Gasteiger partial charge is 0.341 e. The zero-order chi connectivity index (χ0) is 11.8. The monoisotopic (exact) mass is 236 g/mol. The van der Waals surface area contributed by atoms with Gasteiger partial charge in [-0.2, -0.15) is 0 Å². The average Bonchev–Trinajstić information content (AvgIpc) is 3.23. The third-order valence-electron chi connectivity index (χ3n) is 4.71. The number of nitrogens with one attached hydrogen (secondary N) is 1. The number of piperidine rings is 1. The second-order valence-corrected chi connectivity index (χ2v) is 6.15. The van der Waals surface area contributed by atoms with Crippen LogP contribution in [0.4, 0.5) is 0 Å². The highest BCUT2D eigenvalue weighted by atomic mass is 16.2. The van der Waals surface area contributed by atoms with E-state index >= 15 is 0 Å². The standard InChI is InChI=1S/C14H24N2O/c1-16(12-3-2-8-15-9-12)14(17)13(10-4-5-10)11-6-7-11/h10-13,15H,2-9H2,1H3. The number of amides is 1. The van der Waals surface area contributed by atoms with Gasteiger partial charge in [0.1, 0.15) is 0 Å². The van der Waals surface area contributed by atoms with E-state index in [4.69, 9.17) is 0 Å². The van der Waals surface area contributed by atoms with E-state index < -0.39 is 0 Å². The van der Waals surface area contributed by atoms with Gasteiger partial charge in [0.25, 0.3) is 0 Å². The van der Waals surface area contributed by atoms with Crippen molar-refractivity contribution >= 4 is 5.91 Å². The van der Waals surface area contributed by atoms with Crippen LogP contribution in [0, 0.1) is 17.8 Å². The van der Waals surface area contributed by atoms with Crippen molar-refractivity contribution in [2.45, 2.75) is 44.6 Å². The van der Waals surface area contributed by atoms with Gasteiger partial charge in [0.05, 0.1) is 0 Å². The maximum Gasteiger partial charge on any atom is 0.226 e. The molecule has 1 amide bonds. The molecule has 1 saturated heterocycles. The summed E-state index contributed by atoms with van der Waals surface area (Å²) in [5.74, 6) is 2.29. The van der Waals surface area contributed by atoms with Gasteiger partial charge < -0.3 is 10.2 Å². The lowest BCUT2D eigenvalue weighted by atomic mass is 9.94. The molecule has 1 atom stereocenters. The minimum Gasteiger partial charge on any atom is -0.341 e. The van der Waals surface area contributed by atoms with Gasteiger partial charge in [-0.15, -0.1) is 0 Å². The molecule has 0 aromatic carbocycles. The van der Waals surface area contributed by atoms with Crippen LogP contribution in [0.1, 0.15) is 38.5 Å². The smallest absolute Gasteiger partial charge is 0.226 e. The molecule has 3 rings (SSSR count). The van der Waals surface area contributed by atoms with Crippen molar-refractivity contribution in [1.82, 2.24) is 10.2 Å². The van der Waals surface area contributed by atoms with Crippen LogP contribution in [-0.4, -0.2) is 37.0 Å². The zero-order valence-electron chi connectivity index (χ0n) is 10.8. The summed E-state index contributed by atoms with van der Waals surface area (Å²) in [5.41, 5.74) is 0. The van der Waals surface area contributed by atoms with Crippen LogP contribution in [0.25, 0.3) is 0 Å². The van der Waals surface area contributed by atoms with Crippen molar-refractivity contribution in [2.75, 3.05) is 20.1 Å². The van der Waals surface area contributed by atoms with Gasteiger partial charge in [-0.25, -0.2) is 0 Å². The van der Waals surface area contributed by atoms with E-state index in [1.54, 1.807) is 0 Å². The Labute approximate surface area is 104 Å². The molecule has 3 aliphatic rings. The minimum absolute atomic E-state index is 0.377. The molecular weight excluding hydrogens is 212 g/mol. The van der Waals surface area contributed by atoms with Gasteiger partial charge in [0.15, 0.2) is 0 Å². The molecule has 3 nitrogen and oxygen atoms in total. The van der Waals surface area contributed by atoms with E-state index in [1.165, 1.54) is 38.5 Å². The highest BCUT2D eigenvalue weighted by Gasteiger charge is 2.47. The summed E-state index contributed by atoms with van der Waals surface area (Å²) in [6, 6.07) is 0.441. The van der Waals surface area contributed by atoms with Gasteiger partial charge >= 0.3 is 0 Å². The van der Waals surface area contributed by atoms with Crippen LogP contribution in [0.5, 0.6) is 0 Å². The van der Waals surface area contributed by atoms with Crippen LogP contribution in [-0.2, 0) is 4.79 Å². The minimum atomic E-state index is 0.377. The number of nitrogens with zero attached hydrogens (tertiary/aromatic N) is 1. The molecule has 0 aromatic heterocycles.